The van der Waals surface area contributed by atoms with Crippen LogP contribution < -0.4 is 5.73 Å². The summed E-state index contributed by atoms with van der Waals surface area (Å²) in [7, 11) is 0. The van der Waals surface area contributed by atoms with Crippen LogP contribution in [0.1, 0.15) is 34.1 Å². The molecule has 0 saturated carbocycles. The van der Waals surface area contributed by atoms with Crippen LogP contribution in [-0.4, -0.2) is 41.6 Å². The van der Waals surface area contributed by atoms with E-state index < -0.39 is 0 Å². The van der Waals surface area contributed by atoms with E-state index in [0.29, 0.717) is 12.0 Å². The second-order valence-electron chi connectivity index (χ2n) is 5.54. The van der Waals surface area contributed by atoms with Gasteiger partial charge in [0.2, 0.25) is 0 Å². The van der Waals surface area contributed by atoms with Crippen molar-refractivity contribution in [3.8, 4) is 0 Å². The van der Waals surface area contributed by atoms with Crippen molar-refractivity contribution in [3.63, 3.8) is 0 Å². The van der Waals surface area contributed by atoms with E-state index in [1.54, 1.807) is 0 Å². The third-order valence-corrected chi connectivity index (χ3v) is 4.98. The fourth-order valence-electron chi connectivity index (χ4n) is 2.50. The quantitative estimate of drug-likeness (QED) is 0.805. The Kier molecular flexibility index (Phi) is 6.16. The molecule has 16 heavy (non-hydrogen) atoms. The highest BCUT2D eigenvalue weighted by molar-refractivity contribution is 8.00. The lowest BCUT2D eigenvalue weighted by molar-refractivity contribution is 0.172. The molecule has 0 aliphatic carbocycles. The van der Waals surface area contributed by atoms with Crippen molar-refractivity contribution in [2.24, 2.45) is 17.6 Å². The predicted octanol–water partition coefficient (Wildman–Crippen LogP) is 2.43. The molecular formula is C13H28N2S. The maximum absolute atomic E-state index is 5.89. The van der Waals surface area contributed by atoms with E-state index in [9.17, 15) is 0 Å². The second-order valence-corrected chi connectivity index (χ2v) is 7.03. The van der Waals surface area contributed by atoms with Gasteiger partial charge in [0.05, 0.1) is 0 Å². The molecule has 1 saturated heterocycles. The lowest BCUT2D eigenvalue weighted by atomic mass is 9.96. The number of nitrogens with zero attached hydrogens (tertiary/aromatic N) is 1. The minimum absolute atomic E-state index is 0.678. The number of thioether (sulfide) groups is 1. The molecule has 1 aliphatic heterocycles. The van der Waals surface area contributed by atoms with Gasteiger partial charge in [0.1, 0.15) is 0 Å². The standard InChI is InChI=1S/C13H28N2S/c1-10(2)7-13(8-14)9-15-5-6-16-12(4)11(15)3/h10-13H,5-9,14H2,1-4H3. The van der Waals surface area contributed by atoms with Crippen LogP contribution in [0.3, 0.4) is 0 Å². The molecular weight excluding hydrogens is 216 g/mol. The summed E-state index contributed by atoms with van der Waals surface area (Å²) in [5.74, 6) is 2.72. The topological polar surface area (TPSA) is 29.3 Å². The van der Waals surface area contributed by atoms with Crippen LogP contribution in [0.5, 0.6) is 0 Å². The number of hydrogen-bond donors (Lipinski definition) is 1. The summed E-state index contributed by atoms with van der Waals surface area (Å²) >= 11 is 2.11. The van der Waals surface area contributed by atoms with Gasteiger partial charge < -0.3 is 5.73 Å². The zero-order chi connectivity index (χ0) is 12.1. The summed E-state index contributed by atoms with van der Waals surface area (Å²) in [5.41, 5.74) is 5.89. The van der Waals surface area contributed by atoms with Crippen molar-refractivity contribution >= 4 is 11.8 Å². The van der Waals surface area contributed by atoms with Crippen LogP contribution in [0.4, 0.5) is 0 Å². The predicted molar refractivity (Wildman–Crippen MR) is 75.0 cm³/mol. The van der Waals surface area contributed by atoms with Gasteiger partial charge in [-0.05, 0) is 31.7 Å². The SMILES string of the molecule is CC(C)CC(CN)CN1CCSC(C)C1C. The Hall–Kier alpha value is 0.270. The molecule has 96 valence electrons. The van der Waals surface area contributed by atoms with Crippen LogP contribution >= 0.6 is 11.8 Å². The molecule has 1 aliphatic rings. The number of rotatable bonds is 5. The Labute approximate surface area is 105 Å². The molecule has 3 unspecified atom stereocenters. The average molecular weight is 244 g/mol. The Morgan fingerprint density at radius 1 is 1.38 bits per heavy atom. The minimum atomic E-state index is 0.678. The first-order valence-corrected chi connectivity index (χ1v) is 7.65. The van der Waals surface area contributed by atoms with Gasteiger partial charge in [-0.1, -0.05) is 20.8 Å². The summed E-state index contributed by atoms with van der Waals surface area (Å²) in [6.07, 6.45) is 1.27. The van der Waals surface area contributed by atoms with E-state index in [-0.39, 0.29) is 0 Å². The highest BCUT2D eigenvalue weighted by Crippen LogP contribution is 2.25. The second kappa shape index (κ2) is 6.87. The van der Waals surface area contributed by atoms with Crippen molar-refractivity contribution in [1.82, 2.24) is 4.90 Å². The molecule has 1 fully saturated rings. The first-order chi connectivity index (χ1) is 7.54. The van der Waals surface area contributed by atoms with Gasteiger partial charge in [-0.2, -0.15) is 11.8 Å². The van der Waals surface area contributed by atoms with Crippen LogP contribution in [0.15, 0.2) is 0 Å². The van der Waals surface area contributed by atoms with Crippen molar-refractivity contribution in [2.75, 3.05) is 25.4 Å². The zero-order valence-electron chi connectivity index (χ0n) is 11.3. The molecule has 2 N–H and O–H groups in total. The summed E-state index contributed by atoms with van der Waals surface area (Å²) in [4.78, 5) is 2.64. The summed E-state index contributed by atoms with van der Waals surface area (Å²) in [6, 6.07) is 0.708. The van der Waals surface area contributed by atoms with Gasteiger partial charge >= 0.3 is 0 Å². The fraction of sp³-hybridized carbons (Fsp3) is 1.00. The van der Waals surface area contributed by atoms with Crippen molar-refractivity contribution in [3.05, 3.63) is 0 Å². The molecule has 0 aromatic heterocycles. The molecule has 0 bridgehead atoms. The van der Waals surface area contributed by atoms with E-state index in [1.807, 2.05) is 0 Å². The fourth-order valence-corrected chi connectivity index (χ4v) is 3.66. The van der Waals surface area contributed by atoms with Gasteiger partial charge in [-0.3, -0.25) is 4.90 Å². The first kappa shape index (κ1) is 14.3. The third-order valence-electron chi connectivity index (χ3n) is 3.65. The molecule has 3 heteroatoms. The van der Waals surface area contributed by atoms with Crippen molar-refractivity contribution < 1.29 is 0 Å². The maximum atomic E-state index is 5.89. The summed E-state index contributed by atoms with van der Waals surface area (Å²) < 4.78 is 0. The van der Waals surface area contributed by atoms with Crippen molar-refractivity contribution in [1.29, 1.82) is 0 Å². The van der Waals surface area contributed by atoms with Crippen LogP contribution in [0.25, 0.3) is 0 Å². The molecule has 0 amide bonds. The Morgan fingerprint density at radius 2 is 2.06 bits per heavy atom. The Bertz CT molecular complexity index is 196. The van der Waals surface area contributed by atoms with Gasteiger partial charge in [0.25, 0.3) is 0 Å². The van der Waals surface area contributed by atoms with E-state index in [1.165, 1.54) is 25.3 Å². The van der Waals surface area contributed by atoms with Crippen LogP contribution in [0.2, 0.25) is 0 Å². The van der Waals surface area contributed by atoms with E-state index in [4.69, 9.17) is 5.73 Å². The highest BCUT2D eigenvalue weighted by Gasteiger charge is 2.26. The largest absolute Gasteiger partial charge is 0.330 e. The molecule has 1 rings (SSSR count). The smallest absolute Gasteiger partial charge is 0.0184 e. The van der Waals surface area contributed by atoms with Gasteiger partial charge in [0.15, 0.2) is 0 Å². The molecule has 2 nitrogen and oxygen atoms in total. The van der Waals surface area contributed by atoms with Crippen LogP contribution in [-0.2, 0) is 0 Å². The van der Waals surface area contributed by atoms with Crippen LogP contribution in [0, 0.1) is 11.8 Å². The van der Waals surface area contributed by atoms with Gasteiger partial charge in [-0.15, -0.1) is 0 Å². The van der Waals surface area contributed by atoms with E-state index in [2.05, 4.69) is 44.4 Å². The highest BCUT2D eigenvalue weighted by atomic mass is 32.2. The van der Waals surface area contributed by atoms with Gasteiger partial charge in [-0.25, -0.2) is 0 Å². The summed E-state index contributed by atoms with van der Waals surface area (Å²) in [6.45, 7) is 12.6. The molecule has 0 aromatic rings. The van der Waals surface area contributed by atoms with E-state index in [0.717, 1.165) is 17.7 Å². The third kappa shape index (κ3) is 4.27. The number of hydrogen-bond acceptors (Lipinski definition) is 3. The Balaban J connectivity index is 2.43. The lowest BCUT2D eigenvalue weighted by Crippen LogP contribution is -2.47. The summed E-state index contributed by atoms with van der Waals surface area (Å²) in [5, 5.41) is 0.770. The number of nitrogens with two attached hydrogens (primary N) is 1. The normalized spacial score (nSPS) is 29.6. The average Bonchev–Trinajstić information content (AvgIpc) is 2.23. The Morgan fingerprint density at radius 3 is 2.62 bits per heavy atom. The molecule has 0 aromatic carbocycles. The molecule has 1 heterocycles. The monoisotopic (exact) mass is 244 g/mol. The minimum Gasteiger partial charge on any atom is -0.330 e. The van der Waals surface area contributed by atoms with Crippen molar-refractivity contribution in [2.45, 2.75) is 45.4 Å². The molecule has 3 atom stereocenters. The van der Waals surface area contributed by atoms with E-state index >= 15 is 0 Å². The van der Waals surface area contributed by atoms with Gasteiger partial charge in [0, 0.05) is 30.1 Å². The maximum Gasteiger partial charge on any atom is 0.0184 e. The first-order valence-electron chi connectivity index (χ1n) is 6.60. The molecule has 0 radical (unpaired) electrons. The molecule has 0 spiro atoms. The lowest BCUT2D eigenvalue weighted by Gasteiger charge is -2.39. The zero-order valence-corrected chi connectivity index (χ0v) is 12.1.